The lowest BCUT2D eigenvalue weighted by Crippen LogP contribution is -2.32. The molecule has 0 aliphatic heterocycles. The van der Waals surface area contributed by atoms with Crippen molar-refractivity contribution in [3.05, 3.63) is 51.8 Å². The van der Waals surface area contributed by atoms with Crippen LogP contribution in [0, 0.1) is 17.0 Å². The molecule has 128 valence electrons. The van der Waals surface area contributed by atoms with Crippen LogP contribution in [0.3, 0.4) is 0 Å². The average molecular weight is 376 g/mol. The Morgan fingerprint density at radius 3 is 2.38 bits per heavy atom. The Morgan fingerprint density at radius 2 is 1.83 bits per heavy atom. The Bertz CT molecular complexity index is 812. The van der Waals surface area contributed by atoms with Crippen molar-refractivity contribution in [2.45, 2.75) is 20.0 Å². The molecule has 4 nitrogen and oxygen atoms in total. The summed E-state index contributed by atoms with van der Waals surface area (Å²) >= 11 is 11.9. The normalized spacial score (nSPS) is 13.0. The lowest BCUT2D eigenvalue weighted by Gasteiger charge is -2.28. The van der Waals surface area contributed by atoms with Gasteiger partial charge in [-0.25, -0.2) is 13.8 Å². The van der Waals surface area contributed by atoms with E-state index in [1.54, 1.807) is 0 Å². The molecule has 2 aromatic rings. The number of aliphatic hydroxyl groups is 1. The number of halogens is 4. The molecule has 24 heavy (non-hydrogen) atoms. The van der Waals surface area contributed by atoms with Gasteiger partial charge in [-0.15, -0.1) is 0 Å². The number of rotatable bonds is 4. The Kier molecular flexibility index (Phi) is 5.13. The Hall–Kier alpha value is -1.76. The van der Waals surface area contributed by atoms with E-state index in [-0.39, 0.29) is 27.0 Å². The quantitative estimate of drug-likeness (QED) is 0.772. The summed E-state index contributed by atoms with van der Waals surface area (Å²) in [4.78, 5) is 15.2. The van der Waals surface area contributed by atoms with E-state index in [1.807, 2.05) is 0 Å². The Morgan fingerprint density at radius 1 is 1.21 bits per heavy atom. The largest absolute Gasteiger partial charge is 0.481 e. The predicted molar refractivity (Wildman–Crippen MR) is 86.0 cm³/mol. The van der Waals surface area contributed by atoms with Crippen molar-refractivity contribution >= 4 is 29.2 Å². The van der Waals surface area contributed by atoms with E-state index < -0.39 is 29.1 Å². The van der Waals surface area contributed by atoms with Gasteiger partial charge in [0.2, 0.25) is 0 Å². The van der Waals surface area contributed by atoms with E-state index in [2.05, 4.69) is 4.98 Å². The molecule has 0 aliphatic carbocycles. The number of aliphatic carboxylic acids is 1. The maximum Gasteiger partial charge on any atom is 0.312 e. The van der Waals surface area contributed by atoms with E-state index in [9.17, 15) is 23.8 Å². The van der Waals surface area contributed by atoms with Crippen molar-refractivity contribution < 1.29 is 23.8 Å². The number of carboxylic acids is 1. The van der Waals surface area contributed by atoms with Gasteiger partial charge in [0, 0.05) is 17.2 Å². The summed E-state index contributed by atoms with van der Waals surface area (Å²) in [5.74, 6) is -2.98. The molecular weight excluding hydrogens is 363 g/mol. The zero-order valence-corrected chi connectivity index (χ0v) is 14.2. The number of carboxylic acid groups (broad SMARTS) is 1. The fraction of sp³-hybridized carbons (Fsp3) is 0.250. The number of aliphatic hydroxyl groups excluding tert-OH is 1. The molecule has 1 unspecified atom stereocenters. The Labute approximate surface area is 146 Å². The zero-order valence-electron chi connectivity index (χ0n) is 12.6. The predicted octanol–water partition coefficient (Wildman–Crippen LogP) is 4.48. The summed E-state index contributed by atoms with van der Waals surface area (Å²) in [5.41, 5.74) is -1.78. The highest BCUT2D eigenvalue weighted by Crippen LogP contribution is 2.43. The molecule has 2 rings (SSSR count). The van der Waals surface area contributed by atoms with E-state index >= 15 is 0 Å². The maximum atomic E-state index is 14.2. The van der Waals surface area contributed by atoms with Crippen LogP contribution in [-0.2, 0) is 4.79 Å². The molecule has 0 spiro atoms. The highest BCUT2D eigenvalue weighted by molar-refractivity contribution is 6.33. The number of aromatic nitrogens is 1. The first-order chi connectivity index (χ1) is 11.1. The lowest BCUT2D eigenvalue weighted by atomic mass is 9.81. The summed E-state index contributed by atoms with van der Waals surface area (Å²) in [6.07, 6.45) is -1.60. The highest BCUT2D eigenvalue weighted by atomic mass is 35.5. The molecule has 1 aromatic heterocycles. The van der Waals surface area contributed by atoms with Crippen LogP contribution >= 0.6 is 23.2 Å². The second-order valence-electron chi connectivity index (χ2n) is 5.75. The van der Waals surface area contributed by atoms with Crippen LogP contribution in [-0.4, -0.2) is 21.2 Å². The van der Waals surface area contributed by atoms with E-state index in [4.69, 9.17) is 23.2 Å². The molecule has 0 saturated carbocycles. The van der Waals surface area contributed by atoms with E-state index in [0.29, 0.717) is 6.07 Å². The first-order valence-corrected chi connectivity index (χ1v) is 7.54. The summed E-state index contributed by atoms with van der Waals surface area (Å²) in [7, 11) is 0. The number of hydrogen-bond acceptors (Lipinski definition) is 3. The van der Waals surface area contributed by atoms with Gasteiger partial charge in [-0.2, -0.15) is 0 Å². The van der Waals surface area contributed by atoms with Gasteiger partial charge in [-0.3, -0.25) is 4.79 Å². The minimum atomic E-state index is -1.63. The van der Waals surface area contributed by atoms with Crippen LogP contribution in [0.15, 0.2) is 24.3 Å². The second kappa shape index (κ2) is 6.63. The minimum absolute atomic E-state index is 0.0410. The highest BCUT2D eigenvalue weighted by Gasteiger charge is 2.39. The molecular formula is C16H13Cl2F2NO3. The molecule has 2 N–H and O–H groups in total. The fourth-order valence-electron chi connectivity index (χ4n) is 2.16. The smallest absolute Gasteiger partial charge is 0.312 e. The van der Waals surface area contributed by atoms with Crippen LogP contribution in [0.5, 0.6) is 0 Å². The second-order valence-corrected chi connectivity index (χ2v) is 6.50. The topological polar surface area (TPSA) is 70.4 Å². The van der Waals surface area contributed by atoms with Gasteiger partial charge in [0.1, 0.15) is 21.9 Å². The summed E-state index contributed by atoms with van der Waals surface area (Å²) in [6, 6.07) is 4.08. The van der Waals surface area contributed by atoms with Gasteiger partial charge < -0.3 is 10.2 Å². The number of hydrogen-bond donors (Lipinski definition) is 2. The molecule has 0 bridgehead atoms. The minimum Gasteiger partial charge on any atom is -0.481 e. The molecule has 8 heteroatoms. The third-order valence-electron chi connectivity index (χ3n) is 3.71. The summed E-state index contributed by atoms with van der Waals surface area (Å²) in [6.45, 7) is 2.57. The number of nitrogens with zero attached hydrogens (tertiary/aromatic N) is 1. The van der Waals surface area contributed by atoms with Crippen LogP contribution in [0.4, 0.5) is 8.78 Å². The molecule has 1 atom stereocenters. The molecule has 0 fully saturated rings. The van der Waals surface area contributed by atoms with Crippen molar-refractivity contribution in [3.63, 3.8) is 0 Å². The van der Waals surface area contributed by atoms with Crippen LogP contribution in [0.1, 0.15) is 25.5 Å². The van der Waals surface area contributed by atoms with Gasteiger partial charge in [0.15, 0.2) is 0 Å². The summed E-state index contributed by atoms with van der Waals surface area (Å²) < 4.78 is 27.3. The van der Waals surface area contributed by atoms with Crippen molar-refractivity contribution in [1.29, 1.82) is 0 Å². The van der Waals surface area contributed by atoms with Crippen molar-refractivity contribution in [1.82, 2.24) is 4.98 Å². The van der Waals surface area contributed by atoms with Crippen LogP contribution < -0.4 is 0 Å². The molecule has 0 saturated heterocycles. The van der Waals surface area contributed by atoms with Gasteiger partial charge in [0.25, 0.3) is 0 Å². The Balaban J connectivity index is 2.75. The van der Waals surface area contributed by atoms with Gasteiger partial charge in [-0.05, 0) is 37.6 Å². The van der Waals surface area contributed by atoms with Crippen LogP contribution in [0.25, 0.3) is 11.1 Å². The first-order valence-electron chi connectivity index (χ1n) is 6.78. The number of benzene rings is 1. The monoisotopic (exact) mass is 375 g/mol. The van der Waals surface area contributed by atoms with E-state index in [1.165, 1.54) is 19.9 Å². The van der Waals surface area contributed by atoms with Gasteiger partial charge in [0.05, 0.1) is 11.5 Å². The first kappa shape index (κ1) is 18.6. The fourth-order valence-corrected chi connectivity index (χ4v) is 2.70. The third kappa shape index (κ3) is 3.36. The van der Waals surface area contributed by atoms with Gasteiger partial charge in [-0.1, -0.05) is 23.2 Å². The zero-order chi connectivity index (χ0) is 18.2. The lowest BCUT2D eigenvalue weighted by molar-refractivity contribution is -0.153. The standard InChI is InChI=1S/C16H13Cl2F2NO3/c1-16(2,15(23)24)13(22)12-9(6-11(17)21-14(12)18)8-4-3-7(19)5-10(8)20/h3-6,13,22H,1-2H3,(H,23,24). The molecule has 0 amide bonds. The maximum absolute atomic E-state index is 14.2. The SMILES string of the molecule is CC(C)(C(=O)O)C(O)c1c(-c2ccc(F)cc2F)cc(Cl)nc1Cl. The molecule has 1 aromatic carbocycles. The number of pyridine rings is 1. The number of carbonyl (C=O) groups is 1. The summed E-state index contributed by atoms with van der Waals surface area (Å²) in [5, 5.41) is 19.5. The van der Waals surface area contributed by atoms with Crippen molar-refractivity contribution in [3.8, 4) is 11.1 Å². The van der Waals surface area contributed by atoms with Crippen molar-refractivity contribution in [2.75, 3.05) is 0 Å². The van der Waals surface area contributed by atoms with Gasteiger partial charge >= 0.3 is 5.97 Å². The molecule has 0 aliphatic rings. The average Bonchev–Trinajstić information content (AvgIpc) is 2.45. The van der Waals surface area contributed by atoms with E-state index in [0.717, 1.165) is 12.1 Å². The molecule has 1 heterocycles. The molecule has 0 radical (unpaired) electrons. The van der Waals surface area contributed by atoms with Crippen LogP contribution in [0.2, 0.25) is 10.3 Å². The third-order valence-corrected chi connectivity index (χ3v) is 4.19. The van der Waals surface area contributed by atoms with Crippen molar-refractivity contribution in [2.24, 2.45) is 5.41 Å².